The zero-order valence-electron chi connectivity index (χ0n) is 15.8. The van der Waals surface area contributed by atoms with Crippen LogP contribution in [0.3, 0.4) is 0 Å². The van der Waals surface area contributed by atoms with E-state index in [-0.39, 0.29) is 28.1 Å². The van der Waals surface area contributed by atoms with Gasteiger partial charge in [0, 0.05) is 5.56 Å². The van der Waals surface area contributed by atoms with Gasteiger partial charge in [-0.3, -0.25) is 9.52 Å². The van der Waals surface area contributed by atoms with Crippen LogP contribution < -0.4 is 10.0 Å². The first kappa shape index (κ1) is 20.5. The van der Waals surface area contributed by atoms with Crippen LogP contribution in [0.4, 0.5) is 10.1 Å². The van der Waals surface area contributed by atoms with Crippen molar-refractivity contribution in [3.05, 3.63) is 95.8 Å². The quantitative estimate of drug-likeness (QED) is 0.600. The summed E-state index contributed by atoms with van der Waals surface area (Å²) in [6.07, 6.45) is 0.683. The van der Waals surface area contributed by atoms with Gasteiger partial charge >= 0.3 is 0 Å². The highest BCUT2D eigenvalue weighted by molar-refractivity contribution is 7.92. The predicted octanol–water partition coefficient (Wildman–Crippen LogP) is 4.51. The minimum Gasteiger partial charge on any atom is -0.345 e. The lowest BCUT2D eigenvalue weighted by Crippen LogP contribution is -2.28. The summed E-state index contributed by atoms with van der Waals surface area (Å²) in [4.78, 5) is 12.6. The molecule has 150 valence electrons. The summed E-state index contributed by atoms with van der Waals surface area (Å²) in [6, 6.07) is 20.5. The van der Waals surface area contributed by atoms with Crippen LogP contribution >= 0.6 is 0 Å². The largest absolute Gasteiger partial charge is 0.345 e. The molecule has 0 saturated carbocycles. The van der Waals surface area contributed by atoms with Crippen molar-refractivity contribution in [2.45, 2.75) is 24.3 Å². The number of rotatable bonds is 7. The molecule has 3 aromatic rings. The minimum atomic E-state index is -4.05. The third-order valence-electron chi connectivity index (χ3n) is 4.44. The molecule has 0 aromatic heterocycles. The van der Waals surface area contributed by atoms with Crippen molar-refractivity contribution in [1.29, 1.82) is 0 Å². The Morgan fingerprint density at radius 2 is 1.66 bits per heavy atom. The Bertz CT molecular complexity index is 1100. The van der Waals surface area contributed by atoms with Gasteiger partial charge < -0.3 is 5.32 Å². The molecule has 29 heavy (non-hydrogen) atoms. The fourth-order valence-corrected chi connectivity index (χ4v) is 4.01. The molecule has 0 radical (unpaired) electrons. The second-order valence-electron chi connectivity index (χ2n) is 6.46. The van der Waals surface area contributed by atoms with E-state index in [9.17, 15) is 17.6 Å². The molecular formula is C22H21FN2O3S. The maximum atomic E-state index is 13.8. The molecule has 0 fully saturated rings. The molecule has 0 aliphatic carbocycles. The maximum Gasteiger partial charge on any atom is 0.262 e. The van der Waals surface area contributed by atoms with E-state index in [2.05, 4.69) is 10.0 Å². The van der Waals surface area contributed by atoms with Gasteiger partial charge in [-0.05, 0) is 42.3 Å². The van der Waals surface area contributed by atoms with Crippen molar-refractivity contribution in [2.24, 2.45) is 0 Å². The van der Waals surface area contributed by atoms with Crippen molar-refractivity contribution in [3.63, 3.8) is 0 Å². The number of hydrogen-bond donors (Lipinski definition) is 2. The molecule has 0 saturated heterocycles. The van der Waals surface area contributed by atoms with Gasteiger partial charge in [-0.25, -0.2) is 12.8 Å². The third-order valence-corrected chi connectivity index (χ3v) is 5.80. The minimum absolute atomic E-state index is 0.124. The molecule has 3 rings (SSSR count). The lowest BCUT2D eigenvalue weighted by Gasteiger charge is -2.18. The number of carbonyl (C=O) groups excluding carboxylic acids is 1. The molecule has 0 bridgehead atoms. The van der Waals surface area contributed by atoms with Crippen molar-refractivity contribution in [1.82, 2.24) is 5.32 Å². The lowest BCUT2D eigenvalue weighted by atomic mass is 10.0. The number of hydrogen-bond acceptors (Lipinski definition) is 3. The zero-order valence-corrected chi connectivity index (χ0v) is 16.6. The molecule has 5 nitrogen and oxygen atoms in total. The van der Waals surface area contributed by atoms with Crippen LogP contribution in [0.1, 0.15) is 35.3 Å². The first-order valence-electron chi connectivity index (χ1n) is 9.14. The van der Waals surface area contributed by atoms with Crippen LogP contribution in [-0.2, 0) is 10.0 Å². The first-order chi connectivity index (χ1) is 13.9. The second kappa shape index (κ2) is 8.87. The lowest BCUT2D eigenvalue weighted by molar-refractivity contribution is 0.0935. The Morgan fingerprint density at radius 1 is 0.966 bits per heavy atom. The van der Waals surface area contributed by atoms with Crippen molar-refractivity contribution in [2.75, 3.05) is 4.72 Å². The molecule has 3 aromatic carbocycles. The Balaban J connectivity index is 1.81. The summed E-state index contributed by atoms with van der Waals surface area (Å²) in [5.41, 5.74) is 1.02. The van der Waals surface area contributed by atoms with Crippen LogP contribution in [0.5, 0.6) is 0 Å². The Morgan fingerprint density at radius 3 is 2.34 bits per heavy atom. The van der Waals surface area contributed by atoms with Crippen LogP contribution in [0.2, 0.25) is 0 Å². The number of anilines is 1. The molecule has 1 amide bonds. The second-order valence-corrected chi connectivity index (χ2v) is 8.14. The van der Waals surface area contributed by atoms with E-state index < -0.39 is 15.8 Å². The molecule has 0 spiro atoms. The highest BCUT2D eigenvalue weighted by Crippen LogP contribution is 2.21. The standard InChI is InChI=1S/C22H21FN2O3S/c1-2-20(16-9-4-3-5-10-16)24-22(26)17-11-8-12-18(15-17)29(27,28)25-21-14-7-6-13-19(21)23/h3-15,20,25H,2H2,1H3,(H,24,26)/t20-/m0/s1. The van der Waals surface area contributed by atoms with E-state index >= 15 is 0 Å². The SMILES string of the molecule is CC[C@H](NC(=O)c1cccc(S(=O)(=O)Nc2ccccc2F)c1)c1ccccc1. The highest BCUT2D eigenvalue weighted by atomic mass is 32.2. The van der Waals surface area contributed by atoms with Gasteiger partial charge in [-0.2, -0.15) is 0 Å². The van der Waals surface area contributed by atoms with Crippen molar-refractivity contribution >= 4 is 21.6 Å². The van der Waals surface area contributed by atoms with Gasteiger partial charge in [-0.1, -0.05) is 55.5 Å². The van der Waals surface area contributed by atoms with Gasteiger partial charge in [0.05, 0.1) is 16.6 Å². The number of nitrogens with one attached hydrogen (secondary N) is 2. The van der Waals surface area contributed by atoms with E-state index in [0.29, 0.717) is 6.42 Å². The fraction of sp³-hybridized carbons (Fsp3) is 0.136. The Hall–Kier alpha value is -3.19. The van der Waals surface area contributed by atoms with E-state index in [1.807, 2.05) is 37.3 Å². The van der Waals surface area contributed by atoms with Gasteiger partial charge in [0.2, 0.25) is 0 Å². The number of sulfonamides is 1. The average Bonchev–Trinajstić information content (AvgIpc) is 2.74. The van der Waals surface area contributed by atoms with E-state index in [1.54, 1.807) is 0 Å². The molecule has 0 unspecified atom stereocenters. The van der Waals surface area contributed by atoms with Crippen LogP contribution in [-0.4, -0.2) is 14.3 Å². The monoisotopic (exact) mass is 412 g/mol. The number of para-hydroxylation sites is 1. The summed E-state index contributed by atoms with van der Waals surface area (Å²) in [6.45, 7) is 1.96. The zero-order chi connectivity index (χ0) is 20.9. The topological polar surface area (TPSA) is 75.3 Å². The number of halogens is 1. The predicted molar refractivity (Wildman–Crippen MR) is 111 cm³/mol. The van der Waals surface area contributed by atoms with Gasteiger partial charge in [-0.15, -0.1) is 0 Å². The molecule has 0 aliphatic heterocycles. The highest BCUT2D eigenvalue weighted by Gasteiger charge is 2.19. The summed E-state index contributed by atoms with van der Waals surface area (Å²) in [5.74, 6) is -1.07. The molecule has 0 aliphatic rings. The first-order valence-corrected chi connectivity index (χ1v) is 10.6. The maximum absolute atomic E-state index is 13.8. The number of benzene rings is 3. The van der Waals surface area contributed by atoms with Crippen LogP contribution in [0.25, 0.3) is 0 Å². The van der Waals surface area contributed by atoms with Gasteiger partial charge in [0.1, 0.15) is 5.82 Å². The molecular weight excluding hydrogens is 391 g/mol. The van der Waals surface area contributed by atoms with Crippen LogP contribution in [0.15, 0.2) is 83.8 Å². The van der Waals surface area contributed by atoms with Crippen molar-refractivity contribution in [3.8, 4) is 0 Å². The summed E-state index contributed by atoms with van der Waals surface area (Å²) in [5, 5.41) is 2.92. The number of amides is 1. The molecule has 7 heteroatoms. The number of carbonyl (C=O) groups is 1. The normalized spacial score (nSPS) is 12.2. The van der Waals surface area contributed by atoms with E-state index in [4.69, 9.17) is 0 Å². The molecule has 2 N–H and O–H groups in total. The Kier molecular flexibility index (Phi) is 6.29. The van der Waals surface area contributed by atoms with Gasteiger partial charge in [0.25, 0.3) is 15.9 Å². The molecule has 0 heterocycles. The summed E-state index contributed by atoms with van der Waals surface area (Å²) >= 11 is 0. The van der Waals surface area contributed by atoms with E-state index in [1.165, 1.54) is 42.5 Å². The van der Waals surface area contributed by atoms with Crippen molar-refractivity contribution < 1.29 is 17.6 Å². The smallest absolute Gasteiger partial charge is 0.262 e. The van der Waals surface area contributed by atoms with Crippen LogP contribution in [0, 0.1) is 5.82 Å². The molecule has 1 atom stereocenters. The fourth-order valence-electron chi connectivity index (χ4n) is 2.90. The van der Waals surface area contributed by atoms with E-state index in [0.717, 1.165) is 11.6 Å². The summed E-state index contributed by atoms with van der Waals surface area (Å²) < 4.78 is 41.2. The summed E-state index contributed by atoms with van der Waals surface area (Å²) in [7, 11) is -4.05. The Labute approximate surface area is 169 Å². The third kappa shape index (κ3) is 5.00. The van der Waals surface area contributed by atoms with Gasteiger partial charge in [0.15, 0.2) is 0 Å². The average molecular weight is 412 g/mol.